The van der Waals surface area contributed by atoms with Crippen molar-refractivity contribution in [2.75, 3.05) is 0 Å². The van der Waals surface area contributed by atoms with Gasteiger partial charge in [0.1, 0.15) is 5.75 Å². The molecular weight excluding hydrogens is 248 g/mol. The number of hydrogen-bond acceptors (Lipinski definition) is 1. The number of benzene rings is 1. The lowest BCUT2D eigenvalue weighted by atomic mass is 9.75. The van der Waals surface area contributed by atoms with Crippen LogP contribution in [0, 0.1) is 0 Å². The second-order valence-electron chi connectivity index (χ2n) is 8.39. The van der Waals surface area contributed by atoms with E-state index < -0.39 is 8.32 Å². The predicted octanol–water partition coefficient (Wildman–Crippen LogP) is 5.50. The van der Waals surface area contributed by atoms with Gasteiger partial charge in [-0.15, -0.1) is 0 Å². The maximum atomic E-state index is 6.33. The average Bonchev–Trinajstić information content (AvgIpc) is 2.11. The Labute approximate surface area is 120 Å². The highest BCUT2D eigenvalue weighted by Gasteiger charge is 2.30. The third kappa shape index (κ3) is 4.38. The van der Waals surface area contributed by atoms with E-state index in [4.69, 9.17) is 4.43 Å². The molecule has 1 aromatic carbocycles. The molecule has 0 fully saturated rings. The Balaban J connectivity index is 3.49. The van der Waals surface area contributed by atoms with Crippen LogP contribution in [0.15, 0.2) is 18.2 Å². The van der Waals surface area contributed by atoms with Gasteiger partial charge in [-0.3, -0.25) is 0 Å². The molecule has 0 aliphatic carbocycles. The highest BCUT2D eigenvalue weighted by molar-refractivity contribution is 6.70. The minimum atomic E-state index is -1.59. The van der Waals surface area contributed by atoms with Gasteiger partial charge in [-0.2, -0.15) is 0 Å². The summed E-state index contributed by atoms with van der Waals surface area (Å²) in [6.07, 6.45) is 0. The van der Waals surface area contributed by atoms with Gasteiger partial charge < -0.3 is 4.43 Å². The van der Waals surface area contributed by atoms with Crippen molar-refractivity contribution in [2.24, 2.45) is 0 Å². The van der Waals surface area contributed by atoms with Crippen LogP contribution in [0.4, 0.5) is 0 Å². The molecule has 0 amide bonds. The van der Waals surface area contributed by atoms with Crippen molar-refractivity contribution >= 4 is 8.32 Å². The fourth-order valence-corrected chi connectivity index (χ4v) is 3.17. The first-order valence-corrected chi connectivity index (χ1v) is 10.6. The number of rotatable bonds is 2. The van der Waals surface area contributed by atoms with E-state index in [-0.39, 0.29) is 10.8 Å². The third-order valence-corrected chi connectivity index (χ3v) is 3.83. The molecule has 1 nitrogen and oxygen atoms in total. The molecule has 0 saturated carbocycles. The first kappa shape index (κ1) is 16.3. The first-order chi connectivity index (χ1) is 8.32. The molecule has 0 radical (unpaired) electrons. The van der Waals surface area contributed by atoms with Gasteiger partial charge in [0.05, 0.1) is 0 Å². The molecule has 0 aromatic heterocycles. The molecule has 0 atom stereocenters. The van der Waals surface area contributed by atoms with E-state index >= 15 is 0 Å². The van der Waals surface area contributed by atoms with Crippen molar-refractivity contribution in [3.05, 3.63) is 29.3 Å². The van der Waals surface area contributed by atoms with Crippen LogP contribution < -0.4 is 4.43 Å². The smallest absolute Gasteiger partial charge is 0.242 e. The zero-order valence-corrected chi connectivity index (χ0v) is 15.1. The highest BCUT2D eigenvalue weighted by Crippen LogP contribution is 2.40. The van der Waals surface area contributed by atoms with Crippen LogP contribution in [0.3, 0.4) is 0 Å². The van der Waals surface area contributed by atoms with Crippen LogP contribution in [0.25, 0.3) is 0 Å². The summed E-state index contributed by atoms with van der Waals surface area (Å²) in [5.41, 5.74) is 3.00. The standard InChI is InChI=1S/C17H30OSi/c1-16(2,3)13-11-10-12-14(18-19(7,8)9)15(13)17(4,5)6/h10-12H,1-9H3. The molecule has 0 spiro atoms. The lowest BCUT2D eigenvalue weighted by molar-refractivity contribution is 0.483. The fourth-order valence-electron chi connectivity index (χ4n) is 2.34. The molecule has 0 aliphatic heterocycles. The molecule has 0 unspecified atom stereocenters. The molecule has 2 heteroatoms. The molecule has 0 saturated heterocycles. The van der Waals surface area contributed by atoms with Crippen molar-refractivity contribution in [1.29, 1.82) is 0 Å². The summed E-state index contributed by atoms with van der Waals surface area (Å²) in [4.78, 5) is 0. The minimum absolute atomic E-state index is 0.0961. The van der Waals surface area contributed by atoms with E-state index in [9.17, 15) is 0 Å². The molecule has 19 heavy (non-hydrogen) atoms. The first-order valence-electron chi connectivity index (χ1n) is 7.15. The van der Waals surface area contributed by atoms with E-state index in [1.807, 2.05) is 0 Å². The topological polar surface area (TPSA) is 9.23 Å². The second kappa shape index (κ2) is 4.97. The van der Waals surface area contributed by atoms with Crippen molar-refractivity contribution in [2.45, 2.75) is 72.0 Å². The van der Waals surface area contributed by atoms with Crippen LogP contribution in [0.5, 0.6) is 5.75 Å². The van der Waals surface area contributed by atoms with Gasteiger partial charge in [0.25, 0.3) is 0 Å². The fraction of sp³-hybridized carbons (Fsp3) is 0.647. The van der Waals surface area contributed by atoms with Crippen LogP contribution in [0.2, 0.25) is 19.6 Å². The summed E-state index contributed by atoms with van der Waals surface area (Å²) in [5.74, 6) is 1.08. The summed E-state index contributed by atoms with van der Waals surface area (Å²) >= 11 is 0. The van der Waals surface area contributed by atoms with Crippen LogP contribution in [-0.2, 0) is 10.8 Å². The SMILES string of the molecule is CC(C)(C)c1cccc(O[Si](C)(C)C)c1C(C)(C)C. The second-order valence-corrected chi connectivity index (χ2v) is 12.8. The Morgan fingerprint density at radius 1 is 0.842 bits per heavy atom. The molecule has 0 bridgehead atoms. The maximum Gasteiger partial charge on any atom is 0.242 e. The summed E-state index contributed by atoms with van der Waals surface area (Å²) in [6, 6.07) is 6.51. The zero-order chi connectivity index (χ0) is 15.1. The summed E-state index contributed by atoms with van der Waals surface area (Å²) in [6.45, 7) is 20.4. The average molecular weight is 279 g/mol. The van der Waals surface area contributed by atoms with Gasteiger partial charge in [-0.05, 0) is 42.1 Å². The molecular formula is C17H30OSi. The minimum Gasteiger partial charge on any atom is -0.544 e. The van der Waals surface area contributed by atoms with Crippen LogP contribution in [-0.4, -0.2) is 8.32 Å². The summed E-state index contributed by atoms with van der Waals surface area (Å²) in [7, 11) is -1.59. The molecule has 1 aromatic rings. The highest BCUT2D eigenvalue weighted by atomic mass is 28.4. The van der Waals surface area contributed by atoms with E-state index in [0.29, 0.717) is 0 Å². The van der Waals surface area contributed by atoms with Gasteiger partial charge >= 0.3 is 0 Å². The molecule has 0 aliphatic rings. The van der Waals surface area contributed by atoms with Crippen molar-refractivity contribution in [1.82, 2.24) is 0 Å². The monoisotopic (exact) mass is 278 g/mol. The molecule has 1 rings (SSSR count). The van der Waals surface area contributed by atoms with Gasteiger partial charge in [0.15, 0.2) is 0 Å². The van der Waals surface area contributed by atoms with Gasteiger partial charge in [0.2, 0.25) is 8.32 Å². The molecule has 0 heterocycles. The quantitative estimate of drug-likeness (QED) is 0.649. The van der Waals surface area contributed by atoms with Crippen molar-refractivity contribution in [3.63, 3.8) is 0 Å². The Morgan fingerprint density at radius 2 is 1.37 bits per heavy atom. The Morgan fingerprint density at radius 3 is 1.74 bits per heavy atom. The third-order valence-electron chi connectivity index (χ3n) is 3.00. The van der Waals surface area contributed by atoms with E-state index in [0.717, 1.165) is 5.75 Å². The lowest BCUT2D eigenvalue weighted by Crippen LogP contribution is -2.32. The molecule has 0 N–H and O–H groups in total. The summed E-state index contributed by atoms with van der Waals surface area (Å²) < 4.78 is 6.33. The van der Waals surface area contributed by atoms with Crippen LogP contribution in [0.1, 0.15) is 52.7 Å². The Hall–Kier alpha value is -0.763. The zero-order valence-electron chi connectivity index (χ0n) is 14.1. The van der Waals surface area contributed by atoms with E-state index in [1.165, 1.54) is 11.1 Å². The Kier molecular flexibility index (Phi) is 4.26. The largest absolute Gasteiger partial charge is 0.544 e. The normalized spacial score (nSPS) is 13.5. The van der Waals surface area contributed by atoms with Gasteiger partial charge in [-0.1, -0.05) is 53.7 Å². The van der Waals surface area contributed by atoms with Gasteiger partial charge in [0, 0.05) is 5.56 Å². The van der Waals surface area contributed by atoms with Crippen molar-refractivity contribution in [3.8, 4) is 5.75 Å². The van der Waals surface area contributed by atoms with E-state index in [1.54, 1.807) is 0 Å². The van der Waals surface area contributed by atoms with Crippen LogP contribution >= 0.6 is 0 Å². The molecule has 108 valence electrons. The predicted molar refractivity (Wildman–Crippen MR) is 87.8 cm³/mol. The van der Waals surface area contributed by atoms with Crippen molar-refractivity contribution < 1.29 is 4.43 Å². The maximum absolute atomic E-state index is 6.33. The van der Waals surface area contributed by atoms with Gasteiger partial charge in [-0.25, -0.2) is 0 Å². The lowest BCUT2D eigenvalue weighted by Gasteiger charge is -2.34. The van der Waals surface area contributed by atoms with E-state index in [2.05, 4.69) is 79.4 Å². The Bertz CT molecular complexity index is 442. The summed E-state index contributed by atoms with van der Waals surface area (Å²) in [5, 5.41) is 0. The number of hydrogen-bond donors (Lipinski definition) is 0.